The molecule has 25 heavy (non-hydrogen) atoms. The molecule has 0 aliphatic rings. The Hall–Kier alpha value is -1.53. The average Bonchev–Trinajstić information content (AvgIpc) is 2.59. The van der Waals surface area contributed by atoms with Crippen LogP contribution in [0, 0.1) is 13.8 Å². The lowest BCUT2D eigenvalue weighted by Gasteiger charge is -2.13. The zero-order chi connectivity index (χ0) is 18.4. The fourth-order valence-electron chi connectivity index (χ4n) is 2.29. The molecule has 0 spiro atoms. The first kappa shape index (κ1) is 19.8. The highest BCUT2D eigenvalue weighted by Gasteiger charge is 2.19. The molecule has 0 unspecified atom stereocenters. The Morgan fingerprint density at radius 2 is 1.84 bits per heavy atom. The predicted molar refractivity (Wildman–Crippen MR) is 107 cm³/mol. The summed E-state index contributed by atoms with van der Waals surface area (Å²) in [6.45, 7) is 8.68. The molecule has 1 amide bonds. The van der Waals surface area contributed by atoms with Crippen LogP contribution in [0.25, 0.3) is 0 Å². The van der Waals surface area contributed by atoms with Crippen molar-refractivity contribution >= 4 is 29.4 Å². The van der Waals surface area contributed by atoms with Crippen LogP contribution >= 0.6 is 23.5 Å². The summed E-state index contributed by atoms with van der Waals surface area (Å²) in [5, 5.41) is 3.74. The summed E-state index contributed by atoms with van der Waals surface area (Å²) < 4.78 is 0. The van der Waals surface area contributed by atoms with Crippen LogP contribution in [0.3, 0.4) is 0 Å². The van der Waals surface area contributed by atoms with E-state index in [0.29, 0.717) is 12.1 Å². The van der Waals surface area contributed by atoms with Gasteiger partial charge in [0.05, 0.1) is 11.3 Å². The normalized spacial score (nSPS) is 11.0. The predicted octanol–water partition coefficient (Wildman–Crippen LogP) is 4.46. The van der Waals surface area contributed by atoms with Crippen LogP contribution in [0.4, 0.5) is 0 Å². The molecule has 0 radical (unpaired) electrons. The van der Waals surface area contributed by atoms with Crippen molar-refractivity contribution < 1.29 is 4.79 Å². The van der Waals surface area contributed by atoms with Gasteiger partial charge in [-0.25, -0.2) is 9.97 Å². The average molecular weight is 376 g/mol. The Bertz CT molecular complexity index is 730. The minimum absolute atomic E-state index is 0.0957. The number of aromatic nitrogens is 2. The summed E-state index contributed by atoms with van der Waals surface area (Å²) in [7, 11) is 0. The summed E-state index contributed by atoms with van der Waals surface area (Å²) in [5.41, 5.74) is 2.59. The molecule has 2 rings (SSSR count). The van der Waals surface area contributed by atoms with E-state index in [1.165, 1.54) is 22.2 Å². The highest BCUT2D eigenvalue weighted by Crippen LogP contribution is 2.23. The molecule has 0 atom stereocenters. The van der Waals surface area contributed by atoms with E-state index in [1.54, 1.807) is 11.8 Å². The first-order chi connectivity index (χ1) is 11.9. The molecule has 2 aromatic rings. The number of hydrogen-bond donors (Lipinski definition) is 1. The number of nitrogens with zero attached hydrogens (tertiary/aromatic N) is 2. The first-order valence-corrected chi connectivity index (χ1v) is 10.5. The minimum atomic E-state index is -0.0957. The van der Waals surface area contributed by atoms with E-state index in [0.717, 1.165) is 22.3 Å². The van der Waals surface area contributed by atoms with Crippen LogP contribution in [0.5, 0.6) is 0 Å². The van der Waals surface area contributed by atoms with Crippen molar-refractivity contribution in [3.63, 3.8) is 0 Å². The van der Waals surface area contributed by atoms with Gasteiger partial charge >= 0.3 is 0 Å². The Balaban J connectivity index is 1.97. The van der Waals surface area contributed by atoms with E-state index in [-0.39, 0.29) is 11.8 Å². The molecule has 1 heterocycles. The van der Waals surface area contributed by atoms with Gasteiger partial charge in [0.15, 0.2) is 0 Å². The summed E-state index contributed by atoms with van der Waals surface area (Å²) in [6, 6.07) is 8.41. The Labute approximate surface area is 158 Å². The quantitative estimate of drug-likeness (QED) is 0.440. The molecule has 1 N–H and O–H groups in total. The van der Waals surface area contributed by atoms with E-state index in [4.69, 9.17) is 0 Å². The number of thioether (sulfide) groups is 2. The summed E-state index contributed by atoms with van der Waals surface area (Å²) in [6.07, 6.45) is 1.94. The fourth-order valence-corrected chi connectivity index (χ4v) is 3.69. The molecule has 1 aromatic carbocycles. The van der Waals surface area contributed by atoms with Crippen molar-refractivity contribution in [2.24, 2.45) is 0 Å². The lowest BCUT2D eigenvalue weighted by Crippen LogP contribution is -2.28. The number of benzene rings is 1. The van der Waals surface area contributed by atoms with Crippen LogP contribution in [-0.4, -0.2) is 34.4 Å². The molecule has 4 nitrogen and oxygen atoms in total. The minimum Gasteiger partial charge on any atom is -0.351 e. The number of amides is 1. The van der Waals surface area contributed by atoms with Crippen molar-refractivity contribution in [3.05, 3.63) is 46.9 Å². The largest absolute Gasteiger partial charge is 0.351 e. The van der Waals surface area contributed by atoms with Crippen LogP contribution in [-0.2, 0) is 0 Å². The van der Waals surface area contributed by atoms with Gasteiger partial charge in [0.2, 0.25) is 0 Å². The Morgan fingerprint density at radius 3 is 2.44 bits per heavy atom. The summed E-state index contributed by atoms with van der Waals surface area (Å²) in [5.74, 6) is 1.76. The molecule has 0 aliphatic heterocycles. The zero-order valence-electron chi connectivity index (χ0n) is 15.4. The molecule has 134 valence electrons. The third kappa shape index (κ3) is 5.47. The smallest absolute Gasteiger partial charge is 0.255 e. The van der Waals surface area contributed by atoms with Crippen molar-refractivity contribution in [2.45, 2.75) is 43.5 Å². The number of rotatable bonds is 7. The molecule has 0 saturated heterocycles. The monoisotopic (exact) mass is 375 g/mol. The van der Waals surface area contributed by atoms with Gasteiger partial charge in [-0.3, -0.25) is 4.79 Å². The van der Waals surface area contributed by atoms with Crippen molar-refractivity contribution in [1.29, 1.82) is 0 Å². The van der Waals surface area contributed by atoms with Crippen molar-refractivity contribution in [3.8, 4) is 0 Å². The molecule has 0 saturated carbocycles. The van der Waals surface area contributed by atoms with Crippen molar-refractivity contribution in [1.82, 2.24) is 15.3 Å². The fraction of sp³-hybridized carbons (Fsp3) is 0.421. The topological polar surface area (TPSA) is 54.9 Å². The lowest BCUT2D eigenvalue weighted by atomic mass is 10.1. The van der Waals surface area contributed by atoms with Crippen LogP contribution in [0.15, 0.2) is 34.2 Å². The maximum absolute atomic E-state index is 12.6. The number of nitrogens with one attached hydrogen (secondary N) is 1. The SMILES string of the molecule is CSc1nc(C(C)C)nc(C)c1C(=O)NCCSc1ccc(C)cc1. The Kier molecular flexibility index (Phi) is 7.32. The zero-order valence-corrected chi connectivity index (χ0v) is 17.1. The Morgan fingerprint density at radius 1 is 1.16 bits per heavy atom. The van der Waals surface area contributed by atoms with Gasteiger partial charge in [-0.2, -0.15) is 0 Å². The number of carbonyl (C=O) groups excluding carboxylic acids is 1. The molecular weight excluding hydrogens is 350 g/mol. The van der Waals surface area contributed by atoms with E-state index < -0.39 is 0 Å². The van der Waals surface area contributed by atoms with Crippen LogP contribution in [0.1, 0.15) is 47.2 Å². The van der Waals surface area contributed by atoms with E-state index in [2.05, 4.69) is 60.3 Å². The lowest BCUT2D eigenvalue weighted by molar-refractivity contribution is 0.0951. The summed E-state index contributed by atoms with van der Waals surface area (Å²) in [4.78, 5) is 22.8. The van der Waals surface area contributed by atoms with Gasteiger partial charge in [-0.05, 0) is 32.2 Å². The molecule has 0 aliphatic carbocycles. The molecule has 0 bridgehead atoms. The highest BCUT2D eigenvalue weighted by molar-refractivity contribution is 7.99. The molecule has 6 heteroatoms. The van der Waals surface area contributed by atoms with Crippen LogP contribution in [0.2, 0.25) is 0 Å². The van der Waals surface area contributed by atoms with E-state index in [9.17, 15) is 4.79 Å². The van der Waals surface area contributed by atoms with Gasteiger partial charge in [0.1, 0.15) is 10.9 Å². The summed E-state index contributed by atoms with van der Waals surface area (Å²) >= 11 is 3.23. The third-order valence-electron chi connectivity index (χ3n) is 3.69. The first-order valence-electron chi connectivity index (χ1n) is 8.32. The highest BCUT2D eigenvalue weighted by atomic mass is 32.2. The van der Waals surface area contributed by atoms with Crippen LogP contribution < -0.4 is 5.32 Å². The van der Waals surface area contributed by atoms with E-state index in [1.807, 2.05) is 13.2 Å². The second-order valence-corrected chi connectivity index (χ2v) is 8.09. The van der Waals surface area contributed by atoms with Gasteiger partial charge in [-0.15, -0.1) is 23.5 Å². The van der Waals surface area contributed by atoms with Gasteiger partial charge in [0.25, 0.3) is 5.91 Å². The number of carbonyl (C=O) groups is 1. The third-order valence-corrected chi connectivity index (χ3v) is 5.38. The van der Waals surface area contributed by atoms with Gasteiger partial charge in [-0.1, -0.05) is 31.5 Å². The van der Waals surface area contributed by atoms with Gasteiger partial charge < -0.3 is 5.32 Å². The van der Waals surface area contributed by atoms with E-state index >= 15 is 0 Å². The van der Waals surface area contributed by atoms with Gasteiger partial charge in [0, 0.05) is 23.1 Å². The second-order valence-electron chi connectivity index (χ2n) is 6.12. The maximum atomic E-state index is 12.6. The maximum Gasteiger partial charge on any atom is 0.255 e. The molecular formula is C19H25N3OS2. The molecule has 0 fully saturated rings. The molecule has 1 aromatic heterocycles. The number of hydrogen-bond acceptors (Lipinski definition) is 5. The number of aryl methyl sites for hydroxylation is 2. The standard InChI is InChI=1S/C19H25N3OS2/c1-12(2)17-21-14(4)16(19(22-17)24-5)18(23)20-10-11-25-15-8-6-13(3)7-9-15/h6-9,12H,10-11H2,1-5H3,(H,20,23). The second kappa shape index (κ2) is 9.25. The van der Waals surface area contributed by atoms with Crippen molar-refractivity contribution in [2.75, 3.05) is 18.6 Å².